The molecule has 13 heteroatoms. The van der Waals surface area contributed by atoms with Gasteiger partial charge in [-0.05, 0) is 156 Å². The molecule has 78 heavy (non-hydrogen) atoms. The number of rotatable bonds is 8. The van der Waals surface area contributed by atoms with Gasteiger partial charge in [0.2, 0.25) is 0 Å². The molecule has 12 unspecified atom stereocenters. The number of nitrogens with one attached hydrogen (secondary N) is 4. The number of β-amino-alcohol motifs (C(OH)–C–C–N with tert-alkyl or cyclic N) is 1. The number of anilines is 1. The third-order valence-electron chi connectivity index (χ3n) is 17.4. The number of aromatic hydroxyl groups is 2. The molecule has 9 rings (SSSR count). The van der Waals surface area contributed by atoms with Crippen molar-refractivity contribution in [1.82, 2.24) is 15.6 Å². The third-order valence-corrected chi connectivity index (χ3v) is 17.4. The Kier molecular flexibility index (Phi) is 18.5. The van der Waals surface area contributed by atoms with Crippen LogP contribution in [-0.2, 0) is 28.9 Å². The van der Waals surface area contributed by atoms with Crippen molar-refractivity contribution >= 4 is 28.0 Å². The average molecular weight is 1060 g/mol. The summed E-state index contributed by atoms with van der Waals surface area (Å²) in [5.41, 5.74) is 6.73. The van der Waals surface area contributed by atoms with Crippen LogP contribution in [0.25, 0.3) is 10.8 Å². The smallest absolute Gasteiger partial charge is 0.173 e. The zero-order valence-electron chi connectivity index (χ0n) is 45.7. The van der Waals surface area contributed by atoms with E-state index in [-0.39, 0.29) is 66.1 Å². The second-order valence-corrected chi connectivity index (χ2v) is 22.7. The highest BCUT2D eigenvalue weighted by Gasteiger charge is 2.45. The van der Waals surface area contributed by atoms with Gasteiger partial charge in [0.1, 0.15) is 11.6 Å². The minimum absolute atomic E-state index is 0.0617. The Morgan fingerprint density at radius 3 is 2.42 bits per heavy atom. The standard InChI is InChI=1S/C65H80N4O9/c1-5-10-54-46-26-45(25-41-16-20-53(39-11-8-7-9-12-39)55-34-60(74)61(78-4)30-42(55)17-22-58(72)65(77)64(76)56(41)29-46)52(21-19-50(70)6-2)43-23-24-67-62(31-43)69-48-18-15-40-13-14-44(63(75)57(40)32-48)28-51(71)37-66-35-38(3)47-27-49(68-36-47)33-59(54)73/h7-9,11-15,18,23,27,30-32,34,36,38,41,45-46,50-54,56,59,65-71,73-75,77H,5-6,10,17,19,21-22,24-26,28-29,33,35,37H2,1-4H3. The second-order valence-electron chi connectivity index (χ2n) is 22.7. The van der Waals surface area contributed by atoms with Gasteiger partial charge >= 0.3 is 0 Å². The van der Waals surface area contributed by atoms with Gasteiger partial charge in [0.05, 0.1) is 31.3 Å². The van der Waals surface area contributed by atoms with Crippen molar-refractivity contribution in [2.45, 2.75) is 134 Å². The lowest BCUT2D eigenvalue weighted by molar-refractivity contribution is -0.142. The molecule has 0 amide bonds. The predicted octanol–water partition coefficient (Wildman–Crippen LogP) is 9.10. The van der Waals surface area contributed by atoms with E-state index in [2.05, 4.69) is 64.8 Å². The highest BCUT2D eigenvalue weighted by molar-refractivity contribution is 6.06. The fraction of sp³-hybridized carbons (Fsp3) is 0.477. The Morgan fingerprint density at radius 1 is 0.833 bits per heavy atom. The minimum atomic E-state index is -1.88. The first-order valence-electron chi connectivity index (χ1n) is 28.5. The molecule has 0 radical (unpaired) electrons. The van der Waals surface area contributed by atoms with Crippen LogP contribution in [0.15, 0.2) is 109 Å². The number of hydrogen-bond acceptors (Lipinski definition) is 12. The molecule has 1 saturated carbocycles. The van der Waals surface area contributed by atoms with Crippen LogP contribution in [0.3, 0.4) is 0 Å². The first-order valence-corrected chi connectivity index (χ1v) is 28.5. The number of aromatic amines is 1. The number of H-pyrrole nitrogens is 1. The van der Waals surface area contributed by atoms with E-state index in [1.807, 2.05) is 73.8 Å². The quantitative estimate of drug-likeness (QED) is 0.0520. The molecule has 9 bridgehead atoms. The molecule has 4 aromatic carbocycles. The summed E-state index contributed by atoms with van der Waals surface area (Å²) in [6.45, 7) is 7.65. The number of benzene rings is 4. The number of carbonyl (C=O) groups is 2. The van der Waals surface area contributed by atoms with Gasteiger partial charge < -0.3 is 56.3 Å². The van der Waals surface area contributed by atoms with E-state index in [9.17, 15) is 35.4 Å². The molecular formula is C65H80N4O9. The summed E-state index contributed by atoms with van der Waals surface area (Å²) in [7, 11) is 1.47. The van der Waals surface area contributed by atoms with Gasteiger partial charge in [-0.2, -0.15) is 0 Å². The summed E-state index contributed by atoms with van der Waals surface area (Å²) in [4.78, 5) is 33.0. The Hall–Kier alpha value is -6.40. The summed E-state index contributed by atoms with van der Waals surface area (Å²) in [6, 6.07) is 25.0. The number of aliphatic hydroxyl groups excluding tert-OH is 4. The number of allylic oxidation sites excluding steroid dienone is 2. The molecule has 12 atom stereocenters. The van der Waals surface area contributed by atoms with Crippen molar-refractivity contribution in [3.05, 3.63) is 142 Å². The molecule has 1 fully saturated rings. The number of hydrogen-bond donors (Lipinski definition) is 10. The van der Waals surface area contributed by atoms with Gasteiger partial charge in [-0.3, -0.25) is 9.59 Å². The fourth-order valence-corrected chi connectivity index (χ4v) is 13.0. The predicted molar refractivity (Wildman–Crippen MR) is 305 cm³/mol. The maximum absolute atomic E-state index is 15.3. The summed E-state index contributed by atoms with van der Waals surface area (Å²) < 4.78 is 5.54. The molecule has 1 aromatic heterocycles. The average Bonchev–Trinajstić information content (AvgIpc) is 3.87. The largest absolute Gasteiger partial charge is 0.507 e. The van der Waals surface area contributed by atoms with Crippen LogP contribution in [-0.4, -0.2) is 98.3 Å². The van der Waals surface area contributed by atoms with Gasteiger partial charge in [0.15, 0.2) is 29.2 Å². The summed E-state index contributed by atoms with van der Waals surface area (Å²) >= 11 is 0. The highest BCUT2D eigenvalue weighted by atomic mass is 16.5. The molecular weight excluding hydrogens is 981 g/mol. The zero-order valence-corrected chi connectivity index (χ0v) is 45.7. The summed E-state index contributed by atoms with van der Waals surface area (Å²) in [5, 5.41) is 82.2. The first kappa shape index (κ1) is 56.3. The molecule has 0 saturated heterocycles. The lowest BCUT2D eigenvalue weighted by Gasteiger charge is -2.36. The molecule has 3 heterocycles. The van der Waals surface area contributed by atoms with Crippen LogP contribution in [0.4, 0.5) is 5.69 Å². The van der Waals surface area contributed by atoms with Crippen LogP contribution >= 0.6 is 0 Å². The minimum Gasteiger partial charge on any atom is -0.507 e. The van der Waals surface area contributed by atoms with Crippen LogP contribution in [0.2, 0.25) is 0 Å². The van der Waals surface area contributed by atoms with E-state index >= 15 is 4.79 Å². The van der Waals surface area contributed by atoms with E-state index in [0.29, 0.717) is 87.5 Å². The molecule has 4 aliphatic rings. The lowest BCUT2D eigenvalue weighted by atomic mass is 9.71. The van der Waals surface area contributed by atoms with E-state index in [1.165, 1.54) is 7.11 Å². The number of fused-ring (bicyclic) bond motifs is 9. The monoisotopic (exact) mass is 1060 g/mol. The fourth-order valence-electron chi connectivity index (χ4n) is 13.0. The van der Waals surface area contributed by atoms with E-state index in [1.54, 1.807) is 12.1 Å². The molecule has 13 nitrogen and oxygen atoms in total. The molecule has 2 aliphatic heterocycles. The Labute approximate surface area is 459 Å². The molecule has 0 spiro atoms. The van der Waals surface area contributed by atoms with Crippen molar-refractivity contribution in [2.24, 2.45) is 35.5 Å². The number of ketones is 2. The Balaban J connectivity index is 1.20. The Bertz CT molecular complexity index is 3030. The maximum atomic E-state index is 15.3. The number of Topliss-reactive ketones (excluding diaryl/α,β-unsaturated/α-hetero) is 2. The van der Waals surface area contributed by atoms with Crippen LogP contribution in [0, 0.1) is 47.3 Å². The number of carbonyl (C=O) groups excluding carboxylic acids is 2. The zero-order chi connectivity index (χ0) is 55.0. The molecule has 5 aromatic rings. The SMILES string of the molecule is CCCC1C(O)Cc2cc(c[nH]2)C(C)CNCC(O)Cc2ccc3ccc(cc3c2O)NC2=CC(=CCN2)C(CCC(O)CC)C2CC3C#CC(c4ccccc4)c4cc(O)c(OC)cc4CCC(=O)C(O)C(=O)C3CC1C2. The third kappa shape index (κ3) is 13.0. The van der Waals surface area contributed by atoms with E-state index in [0.717, 1.165) is 51.3 Å². The van der Waals surface area contributed by atoms with E-state index < -0.39 is 53.7 Å². The van der Waals surface area contributed by atoms with Crippen LogP contribution in [0.5, 0.6) is 17.2 Å². The molecule has 10 N–H and O–H groups in total. The Morgan fingerprint density at radius 2 is 1.64 bits per heavy atom. The van der Waals surface area contributed by atoms with Gasteiger partial charge in [-0.1, -0.05) is 93.6 Å². The van der Waals surface area contributed by atoms with Crippen LogP contribution in [0.1, 0.15) is 124 Å². The molecule has 2 aliphatic carbocycles. The van der Waals surface area contributed by atoms with Gasteiger partial charge in [0, 0.05) is 73.7 Å². The van der Waals surface area contributed by atoms with Crippen molar-refractivity contribution < 1.29 is 45.0 Å². The number of aryl methyl sites for hydroxylation is 1. The summed E-state index contributed by atoms with van der Waals surface area (Å²) in [5.74, 6) is 4.56. The lowest BCUT2D eigenvalue weighted by Crippen LogP contribution is -2.40. The normalized spacial score (nSPS) is 27.8. The van der Waals surface area contributed by atoms with Gasteiger partial charge in [-0.15, -0.1) is 0 Å². The number of phenolic OH excluding ortho intramolecular Hbond substituents is 2. The van der Waals surface area contributed by atoms with Crippen molar-refractivity contribution in [2.75, 3.05) is 32.1 Å². The van der Waals surface area contributed by atoms with Crippen molar-refractivity contribution in [1.29, 1.82) is 0 Å². The number of dihydropyridines is 1. The highest BCUT2D eigenvalue weighted by Crippen LogP contribution is 2.48. The topological polar surface area (TPSA) is 217 Å². The number of aromatic nitrogens is 1. The van der Waals surface area contributed by atoms with Crippen molar-refractivity contribution in [3.63, 3.8) is 0 Å². The van der Waals surface area contributed by atoms with Gasteiger partial charge in [-0.25, -0.2) is 0 Å². The number of phenols is 2. The van der Waals surface area contributed by atoms with Crippen molar-refractivity contribution in [3.8, 4) is 29.1 Å². The van der Waals surface area contributed by atoms with Gasteiger partial charge in [0.25, 0.3) is 0 Å². The maximum Gasteiger partial charge on any atom is 0.173 e. The number of aliphatic hydroxyl groups is 4. The van der Waals surface area contributed by atoms with E-state index in [4.69, 9.17) is 4.74 Å². The first-order chi connectivity index (χ1) is 37.7. The molecule has 414 valence electrons. The second kappa shape index (κ2) is 25.6. The number of ether oxygens (including phenoxy) is 1. The summed E-state index contributed by atoms with van der Waals surface area (Å²) in [6.07, 6.45) is 7.58. The number of methoxy groups -OCH3 is 1. The van der Waals surface area contributed by atoms with Crippen LogP contribution < -0.4 is 20.7 Å².